The first kappa shape index (κ1) is 13.0. The number of esters is 1. The quantitative estimate of drug-likeness (QED) is 0.636. The molecule has 0 fully saturated rings. The summed E-state index contributed by atoms with van der Waals surface area (Å²) in [5, 5.41) is 0.00503. The third kappa shape index (κ3) is 2.52. The second-order valence-corrected chi connectivity index (χ2v) is 3.36. The average Bonchev–Trinajstić information content (AvgIpc) is 2.28. The topological polar surface area (TPSA) is 39.2 Å². The van der Waals surface area contributed by atoms with Crippen LogP contribution in [0.25, 0.3) is 0 Å². The fraction of sp³-hybridized carbons (Fsp3) is 0.333. The predicted molar refractivity (Wildman–Crippen MR) is 53.1 cm³/mol. The maximum atomic E-state index is 13.5. The van der Waals surface area contributed by atoms with E-state index in [9.17, 15) is 18.0 Å². The highest BCUT2D eigenvalue weighted by atomic mass is 79.9. The summed E-state index contributed by atoms with van der Waals surface area (Å²) in [6.45, 7) is 0. The van der Waals surface area contributed by atoms with E-state index in [0.29, 0.717) is 0 Å². The minimum Gasteiger partial charge on any atom is -0.464 e. The largest absolute Gasteiger partial charge is 0.464 e. The highest BCUT2D eigenvalue weighted by Crippen LogP contribution is 2.23. The highest BCUT2D eigenvalue weighted by Gasteiger charge is 2.22. The Hall–Kier alpha value is -1.11. The third-order valence-electron chi connectivity index (χ3n) is 1.80. The molecule has 0 radical (unpaired) electrons. The van der Waals surface area contributed by atoms with Gasteiger partial charge < -0.3 is 4.74 Å². The van der Waals surface area contributed by atoms with Gasteiger partial charge in [-0.3, -0.25) is 0 Å². The summed E-state index contributed by atoms with van der Waals surface area (Å²) in [5.41, 5.74) is -1.45. The fourth-order valence-electron chi connectivity index (χ4n) is 1.05. The van der Waals surface area contributed by atoms with Crippen LogP contribution in [0.15, 0.2) is 6.07 Å². The zero-order valence-corrected chi connectivity index (χ0v) is 9.72. The molecule has 7 heteroatoms. The van der Waals surface area contributed by atoms with E-state index in [4.69, 9.17) is 0 Å². The number of alkyl halides is 3. The molecule has 0 aliphatic rings. The molecule has 0 saturated carbocycles. The zero-order chi connectivity index (χ0) is 12.3. The Balaban J connectivity index is 3.35. The molecule has 0 aromatic carbocycles. The van der Waals surface area contributed by atoms with Gasteiger partial charge >= 0.3 is 5.97 Å². The molecule has 88 valence electrons. The number of methoxy groups -OCH3 is 1. The van der Waals surface area contributed by atoms with Crippen molar-refractivity contribution in [2.24, 2.45) is 0 Å². The number of carbonyl (C=O) groups is 1. The summed E-state index contributed by atoms with van der Waals surface area (Å²) in [4.78, 5) is 14.3. The van der Waals surface area contributed by atoms with Gasteiger partial charge in [0.05, 0.1) is 7.11 Å². The van der Waals surface area contributed by atoms with Crippen molar-refractivity contribution >= 4 is 21.9 Å². The van der Waals surface area contributed by atoms with Crippen molar-refractivity contribution < 1.29 is 22.7 Å². The fourth-order valence-corrected chi connectivity index (χ4v) is 1.45. The molecule has 0 unspecified atom stereocenters. The number of nitrogens with zero attached hydrogens (tertiary/aromatic N) is 1. The third-order valence-corrected chi connectivity index (χ3v) is 2.40. The first-order valence-corrected chi connectivity index (χ1v) is 5.25. The van der Waals surface area contributed by atoms with Gasteiger partial charge in [0, 0.05) is 10.9 Å². The molecule has 1 heterocycles. The molecular formula is C9H7BrF3NO2. The molecule has 0 N–H and O–H groups in total. The lowest BCUT2D eigenvalue weighted by molar-refractivity contribution is 0.0586. The van der Waals surface area contributed by atoms with Crippen LogP contribution in [0.3, 0.4) is 0 Å². The maximum absolute atomic E-state index is 13.5. The molecule has 3 nitrogen and oxygen atoms in total. The second-order valence-electron chi connectivity index (χ2n) is 2.79. The molecule has 0 bridgehead atoms. The van der Waals surface area contributed by atoms with Gasteiger partial charge in [-0.1, -0.05) is 15.9 Å². The molecule has 0 aliphatic heterocycles. The maximum Gasteiger partial charge on any atom is 0.359 e. The van der Waals surface area contributed by atoms with Crippen molar-refractivity contribution in [1.29, 1.82) is 0 Å². The Labute approximate surface area is 97.8 Å². The minimum absolute atomic E-state index is 0.00503. The lowest BCUT2D eigenvalue weighted by Crippen LogP contribution is -2.11. The Morgan fingerprint density at radius 1 is 1.62 bits per heavy atom. The number of hydrogen-bond donors (Lipinski definition) is 0. The van der Waals surface area contributed by atoms with Gasteiger partial charge in [-0.15, -0.1) is 0 Å². The van der Waals surface area contributed by atoms with Crippen molar-refractivity contribution in [2.45, 2.75) is 11.8 Å². The lowest BCUT2D eigenvalue weighted by Gasteiger charge is -2.07. The summed E-state index contributed by atoms with van der Waals surface area (Å²) in [5.74, 6) is -2.03. The van der Waals surface area contributed by atoms with E-state index in [-0.39, 0.29) is 10.9 Å². The zero-order valence-electron chi connectivity index (χ0n) is 8.14. The number of ether oxygens (including phenoxy) is 1. The summed E-state index contributed by atoms with van der Waals surface area (Å²) in [6.07, 6.45) is -2.87. The van der Waals surface area contributed by atoms with E-state index in [0.717, 1.165) is 13.2 Å². The van der Waals surface area contributed by atoms with Crippen molar-refractivity contribution in [3.8, 4) is 0 Å². The Morgan fingerprint density at radius 3 is 2.69 bits per heavy atom. The van der Waals surface area contributed by atoms with Gasteiger partial charge in [-0.25, -0.2) is 22.9 Å². The average molecular weight is 298 g/mol. The molecule has 1 rings (SSSR count). The highest BCUT2D eigenvalue weighted by molar-refractivity contribution is 9.08. The van der Waals surface area contributed by atoms with Gasteiger partial charge in [-0.2, -0.15) is 0 Å². The Morgan fingerprint density at radius 2 is 2.25 bits per heavy atom. The van der Waals surface area contributed by atoms with E-state index in [1.807, 2.05) is 0 Å². The monoisotopic (exact) mass is 297 g/mol. The van der Waals surface area contributed by atoms with Crippen LogP contribution < -0.4 is 0 Å². The Kier molecular flexibility index (Phi) is 4.28. The molecule has 0 spiro atoms. The number of halogens is 4. The molecule has 1 aromatic rings. The van der Waals surface area contributed by atoms with Crippen molar-refractivity contribution in [1.82, 2.24) is 4.98 Å². The summed E-state index contributed by atoms with van der Waals surface area (Å²) >= 11 is 2.93. The second kappa shape index (κ2) is 5.29. The smallest absolute Gasteiger partial charge is 0.359 e. The normalized spacial score (nSPS) is 10.6. The molecule has 1 aromatic heterocycles. The number of aromatic nitrogens is 1. The van der Waals surface area contributed by atoms with E-state index in [2.05, 4.69) is 25.7 Å². The first-order chi connectivity index (χ1) is 7.51. The summed E-state index contributed by atoms with van der Waals surface area (Å²) < 4.78 is 42.6. The van der Waals surface area contributed by atoms with E-state index < -0.39 is 29.6 Å². The molecule has 0 amide bonds. The van der Waals surface area contributed by atoms with Crippen LogP contribution in [0.2, 0.25) is 0 Å². The van der Waals surface area contributed by atoms with Crippen LogP contribution in [0.5, 0.6) is 0 Å². The number of rotatable bonds is 3. The standard InChI is InChI=1S/C9H7BrF3NO2/c1-16-9(15)7-6(11)4(3-10)2-5(14-7)8(12)13/h2,8H,3H2,1H3. The minimum atomic E-state index is -2.87. The summed E-state index contributed by atoms with van der Waals surface area (Å²) in [6, 6.07) is 0.904. The van der Waals surface area contributed by atoms with Crippen LogP contribution in [0.4, 0.5) is 13.2 Å². The molecule has 0 saturated heterocycles. The van der Waals surface area contributed by atoms with Crippen LogP contribution in [-0.2, 0) is 10.1 Å². The number of carbonyl (C=O) groups excluding carboxylic acids is 1. The molecule has 0 atom stereocenters. The van der Waals surface area contributed by atoms with Gasteiger partial charge in [-0.05, 0) is 6.07 Å². The Bertz CT molecular complexity index is 412. The predicted octanol–water partition coefficient (Wildman–Crippen LogP) is 2.84. The van der Waals surface area contributed by atoms with Crippen molar-refractivity contribution in [3.05, 3.63) is 28.8 Å². The van der Waals surface area contributed by atoms with Crippen LogP contribution >= 0.6 is 15.9 Å². The van der Waals surface area contributed by atoms with Gasteiger partial charge in [0.25, 0.3) is 6.43 Å². The molecular weight excluding hydrogens is 291 g/mol. The lowest BCUT2D eigenvalue weighted by atomic mass is 10.2. The summed E-state index contributed by atoms with van der Waals surface area (Å²) in [7, 11) is 1.02. The first-order valence-electron chi connectivity index (χ1n) is 4.13. The van der Waals surface area contributed by atoms with E-state index in [1.54, 1.807) is 0 Å². The van der Waals surface area contributed by atoms with Crippen LogP contribution in [0.1, 0.15) is 28.2 Å². The van der Waals surface area contributed by atoms with Gasteiger partial charge in [0.1, 0.15) is 5.69 Å². The van der Waals surface area contributed by atoms with Gasteiger partial charge in [0.2, 0.25) is 0 Å². The van der Waals surface area contributed by atoms with Crippen LogP contribution in [0, 0.1) is 5.82 Å². The SMILES string of the molecule is COC(=O)c1nc(C(F)F)cc(CBr)c1F. The number of pyridine rings is 1. The van der Waals surface area contributed by atoms with Crippen molar-refractivity contribution in [3.63, 3.8) is 0 Å². The van der Waals surface area contributed by atoms with E-state index in [1.165, 1.54) is 0 Å². The van der Waals surface area contributed by atoms with Gasteiger partial charge in [0.15, 0.2) is 11.5 Å². The van der Waals surface area contributed by atoms with Crippen LogP contribution in [-0.4, -0.2) is 18.1 Å². The molecule has 16 heavy (non-hydrogen) atoms. The molecule has 0 aliphatic carbocycles. The number of hydrogen-bond acceptors (Lipinski definition) is 3. The van der Waals surface area contributed by atoms with E-state index >= 15 is 0 Å². The van der Waals surface area contributed by atoms with Crippen molar-refractivity contribution in [2.75, 3.05) is 7.11 Å².